The van der Waals surface area contributed by atoms with Gasteiger partial charge in [0.25, 0.3) is 5.91 Å². The average Bonchev–Trinajstić information content (AvgIpc) is 2.83. The summed E-state index contributed by atoms with van der Waals surface area (Å²) >= 11 is 13.1. The van der Waals surface area contributed by atoms with E-state index in [-0.39, 0.29) is 5.91 Å². The Morgan fingerprint density at radius 2 is 1.95 bits per heavy atom. The van der Waals surface area contributed by atoms with Gasteiger partial charge in [0.05, 0.1) is 17.0 Å². The standard InChI is InChI=1S/C14H10Cl2N2OS/c15-10-5-11(16)7-12(6-10)18-14(19)9-4-13(20-8-9)2-1-3-17/h4-8H,3,17H2,(H,18,19). The number of anilines is 1. The highest BCUT2D eigenvalue weighted by Crippen LogP contribution is 2.23. The quantitative estimate of drug-likeness (QED) is 0.829. The summed E-state index contributed by atoms with van der Waals surface area (Å²) in [5.41, 5.74) is 6.38. The molecule has 2 aromatic rings. The molecule has 1 aromatic heterocycles. The normalized spacial score (nSPS) is 9.75. The van der Waals surface area contributed by atoms with Gasteiger partial charge in [-0.25, -0.2) is 0 Å². The van der Waals surface area contributed by atoms with Gasteiger partial charge >= 0.3 is 0 Å². The van der Waals surface area contributed by atoms with Crippen LogP contribution in [-0.4, -0.2) is 12.5 Å². The topological polar surface area (TPSA) is 55.1 Å². The number of amides is 1. The molecule has 1 heterocycles. The zero-order valence-electron chi connectivity index (χ0n) is 10.2. The third-order valence-electron chi connectivity index (χ3n) is 2.30. The summed E-state index contributed by atoms with van der Waals surface area (Å²) in [4.78, 5) is 12.9. The SMILES string of the molecule is NCC#Cc1cc(C(=O)Nc2cc(Cl)cc(Cl)c2)cs1. The van der Waals surface area contributed by atoms with E-state index in [0.29, 0.717) is 27.8 Å². The zero-order chi connectivity index (χ0) is 14.5. The van der Waals surface area contributed by atoms with Crippen molar-refractivity contribution in [2.45, 2.75) is 0 Å². The molecule has 3 N–H and O–H groups in total. The smallest absolute Gasteiger partial charge is 0.256 e. The molecular formula is C14H10Cl2N2OS. The number of carbonyl (C=O) groups is 1. The summed E-state index contributed by atoms with van der Waals surface area (Å²) in [6, 6.07) is 6.58. The highest BCUT2D eigenvalue weighted by molar-refractivity contribution is 7.10. The summed E-state index contributed by atoms with van der Waals surface area (Å²) in [6.45, 7) is 0.292. The minimum atomic E-state index is -0.236. The number of benzene rings is 1. The van der Waals surface area contributed by atoms with Crippen LogP contribution in [0.15, 0.2) is 29.6 Å². The molecule has 0 radical (unpaired) electrons. The largest absolute Gasteiger partial charge is 0.322 e. The van der Waals surface area contributed by atoms with Crippen LogP contribution < -0.4 is 11.1 Å². The lowest BCUT2D eigenvalue weighted by Gasteiger charge is -2.04. The lowest BCUT2D eigenvalue weighted by atomic mass is 10.2. The van der Waals surface area contributed by atoms with Crippen molar-refractivity contribution >= 4 is 46.1 Å². The van der Waals surface area contributed by atoms with Crippen molar-refractivity contribution < 1.29 is 4.79 Å². The molecule has 3 nitrogen and oxygen atoms in total. The first-order valence-electron chi connectivity index (χ1n) is 5.63. The Balaban J connectivity index is 2.13. The number of rotatable bonds is 2. The van der Waals surface area contributed by atoms with Crippen LogP contribution in [0.1, 0.15) is 15.2 Å². The molecular weight excluding hydrogens is 315 g/mol. The van der Waals surface area contributed by atoms with Gasteiger partial charge < -0.3 is 11.1 Å². The van der Waals surface area contributed by atoms with Crippen LogP contribution >= 0.6 is 34.5 Å². The lowest BCUT2D eigenvalue weighted by molar-refractivity contribution is 0.102. The summed E-state index contributed by atoms with van der Waals surface area (Å²) < 4.78 is 0. The van der Waals surface area contributed by atoms with Crippen molar-refractivity contribution in [2.75, 3.05) is 11.9 Å². The van der Waals surface area contributed by atoms with Gasteiger partial charge in [0.1, 0.15) is 0 Å². The second-order valence-electron chi connectivity index (χ2n) is 3.82. The van der Waals surface area contributed by atoms with Gasteiger partial charge in [-0.2, -0.15) is 0 Å². The maximum absolute atomic E-state index is 12.1. The van der Waals surface area contributed by atoms with Crippen molar-refractivity contribution in [3.05, 3.63) is 50.1 Å². The fourth-order valence-corrected chi connectivity index (χ4v) is 2.77. The molecule has 0 saturated carbocycles. The lowest BCUT2D eigenvalue weighted by Crippen LogP contribution is -2.10. The molecule has 0 unspecified atom stereocenters. The molecule has 1 aromatic carbocycles. The van der Waals surface area contributed by atoms with Gasteiger partial charge in [-0.05, 0) is 24.3 Å². The van der Waals surface area contributed by atoms with E-state index in [1.165, 1.54) is 11.3 Å². The molecule has 0 aliphatic rings. The van der Waals surface area contributed by atoms with E-state index >= 15 is 0 Å². The molecule has 102 valence electrons. The highest BCUT2D eigenvalue weighted by atomic mass is 35.5. The van der Waals surface area contributed by atoms with Crippen LogP contribution in [0.25, 0.3) is 0 Å². The Morgan fingerprint density at radius 3 is 2.60 bits per heavy atom. The van der Waals surface area contributed by atoms with Crippen LogP contribution in [0.5, 0.6) is 0 Å². The molecule has 2 rings (SSSR count). The third-order valence-corrected chi connectivity index (χ3v) is 3.58. The van der Waals surface area contributed by atoms with E-state index < -0.39 is 0 Å². The van der Waals surface area contributed by atoms with E-state index in [1.54, 1.807) is 29.6 Å². The minimum absolute atomic E-state index is 0.236. The average molecular weight is 325 g/mol. The number of thiophene rings is 1. The number of nitrogens with one attached hydrogen (secondary N) is 1. The summed E-state index contributed by atoms with van der Waals surface area (Å²) in [5, 5.41) is 5.40. The molecule has 20 heavy (non-hydrogen) atoms. The molecule has 0 spiro atoms. The predicted octanol–water partition coefficient (Wildman–Crippen LogP) is 3.62. The Morgan fingerprint density at radius 1 is 1.25 bits per heavy atom. The van der Waals surface area contributed by atoms with Crippen LogP contribution in [0, 0.1) is 11.8 Å². The first-order chi connectivity index (χ1) is 9.58. The first kappa shape index (κ1) is 14.9. The van der Waals surface area contributed by atoms with Crippen LogP contribution in [-0.2, 0) is 0 Å². The molecule has 0 saturated heterocycles. The number of hydrogen-bond acceptors (Lipinski definition) is 3. The van der Waals surface area contributed by atoms with E-state index in [4.69, 9.17) is 28.9 Å². The van der Waals surface area contributed by atoms with Crippen molar-refractivity contribution in [2.24, 2.45) is 5.73 Å². The van der Waals surface area contributed by atoms with Crippen molar-refractivity contribution in [3.63, 3.8) is 0 Å². The Bertz CT molecular complexity index is 680. The minimum Gasteiger partial charge on any atom is -0.322 e. The van der Waals surface area contributed by atoms with Crippen LogP contribution in [0.2, 0.25) is 10.0 Å². The monoisotopic (exact) mass is 324 g/mol. The molecule has 1 amide bonds. The Kier molecular flexibility index (Phi) is 5.05. The Hall–Kier alpha value is -1.51. The second kappa shape index (κ2) is 6.78. The van der Waals surface area contributed by atoms with Crippen molar-refractivity contribution in [1.29, 1.82) is 0 Å². The Labute approximate surface area is 130 Å². The van der Waals surface area contributed by atoms with Crippen molar-refractivity contribution in [1.82, 2.24) is 0 Å². The van der Waals surface area contributed by atoms with Crippen LogP contribution in [0.4, 0.5) is 5.69 Å². The number of hydrogen-bond donors (Lipinski definition) is 2. The van der Waals surface area contributed by atoms with Crippen LogP contribution in [0.3, 0.4) is 0 Å². The zero-order valence-corrected chi connectivity index (χ0v) is 12.6. The fraction of sp³-hybridized carbons (Fsp3) is 0.0714. The predicted molar refractivity (Wildman–Crippen MR) is 84.7 cm³/mol. The van der Waals surface area contributed by atoms with Gasteiger partial charge in [0.2, 0.25) is 0 Å². The highest BCUT2D eigenvalue weighted by Gasteiger charge is 2.09. The number of carbonyl (C=O) groups excluding carboxylic acids is 1. The second-order valence-corrected chi connectivity index (χ2v) is 5.60. The van der Waals surface area contributed by atoms with E-state index in [9.17, 15) is 4.79 Å². The van der Waals surface area contributed by atoms with Gasteiger partial charge in [-0.15, -0.1) is 11.3 Å². The summed E-state index contributed by atoms with van der Waals surface area (Å²) in [7, 11) is 0. The molecule has 0 atom stereocenters. The number of nitrogens with two attached hydrogens (primary N) is 1. The van der Waals surface area contributed by atoms with Gasteiger partial charge in [0.15, 0.2) is 0 Å². The number of halogens is 2. The summed E-state index contributed by atoms with van der Waals surface area (Å²) in [5.74, 6) is 5.39. The maximum atomic E-state index is 12.1. The molecule has 0 aliphatic heterocycles. The van der Waals surface area contributed by atoms with Gasteiger partial charge in [0, 0.05) is 21.1 Å². The third kappa shape index (κ3) is 3.99. The van der Waals surface area contributed by atoms with E-state index in [1.807, 2.05) is 0 Å². The molecule has 0 aliphatic carbocycles. The molecule has 0 bridgehead atoms. The van der Waals surface area contributed by atoms with Gasteiger partial charge in [-0.3, -0.25) is 4.79 Å². The first-order valence-corrected chi connectivity index (χ1v) is 7.27. The van der Waals surface area contributed by atoms with E-state index in [2.05, 4.69) is 17.2 Å². The van der Waals surface area contributed by atoms with Crippen molar-refractivity contribution in [3.8, 4) is 11.8 Å². The molecule has 6 heteroatoms. The van der Waals surface area contributed by atoms with Gasteiger partial charge in [-0.1, -0.05) is 35.0 Å². The fourth-order valence-electron chi connectivity index (χ4n) is 1.49. The van der Waals surface area contributed by atoms with E-state index in [0.717, 1.165) is 4.88 Å². The maximum Gasteiger partial charge on any atom is 0.256 e. The molecule has 0 fully saturated rings. The summed E-state index contributed by atoms with van der Waals surface area (Å²) in [6.07, 6.45) is 0.